The van der Waals surface area contributed by atoms with E-state index in [4.69, 9.17) is 18.9 Å². The van der Waals surface area contributed by atoms with E-state index in [1.54, 1.807) is 21.3 Å². The molecule has 5 saturated carbocycles. The maximum atomic E-state index is 12.8. The fourth-order valence-corrected chi connectivity index (χ4v) is 10.6. The Bertz CT molecular complexity index is 828. The highest BCUT2D eigenvalue weighted by molar-refractivity contribution is 5.44. The van der Waals surface area contributed by atoms with E-state index in [1.165, 1.54) is 0 Å². The maximum absolute atomic E-state index is 12.8. The van der Waals surface area contributed by atoms with Gasteiger partial charge in [0.05, 0.1) is 36.6 Å². The number of aliphatic hydroxyl groups excluding tert-OH is 1. The first-order valence-electron chi connectivity index (χ1n) is 11.9. The first-order valence-corrected chi connectivity index (χ1v) is 11.9. The number of fused-ring (bicyclic) bond motifs is 2. The van der Waals surface area contributed by atoms with Crippen LogP contribution in [0.2, 0.25) is 0 Å². The molecule has 5 aliphatic carbocycles. The van der Waals surface area contributed by atoms with Gasteiger partial charge in [0.15, 0.2) is 0 Å². The van der Waals surface area contributed by atoms with Gasteiger partial charge in [0.25, 0.3) is 0 Å². The zero-order chi connectivity index (χ0) is 21.7. The molecule has 0 aromatic rings. The van der Waals surface area contributed by atoms with Crippen LogP contribution >= 0.6 is 0 Å². The predicted molar refractivity (Wildman–Crippen MR) is 107 cm³/mol. The zero-order valence-electron chi connectivity index (χ0n) is 18.7. The lowest BCUT2D eigenvalue weighted by Crippen LogP contribution is -2.81. The summed E-state index contributed by atoms with van der Waals surface area (Å²) in [4.78, 5) is 2.28. The average Bonchev–Trinajstić information content (AvgIpc) is 3.25. The number of rotatable bonds is 4. The molecule has 0 aromatic heterocycles. The van der Waals surface area contributed by atoms with E-state index >= 15 is 0 Å². The fourth-order valence-electron chi connectivity index (χ4n) is 10.6. The Labute approximate surface area is 182 Å². The number of nitrogens with zero attached hydrogens (tertiary/aromatic N) is 1. The van der Waals surface area contributed by atoms with E-state index < -0.39 is 34.4 Å². The molecule has 8 heteroatoms. The van der Waals surface area contributed by atoms with E-state index in [1.807, 2.05) is 0 Å². The van der Waals surface area contributed by atoms with Crippen molar-refractivity contribution in [3.8, 4) is 0 Å². The number of hydrogen-bond acceptors (Lipinski definition) is 8. The lowest BCUT2D eigenvalue weighted by molar-refractivity contribution is -0.312. The van der Waals surface area contributed by atoms with Crippen molar-refractivity contribution < 1.29 is 34.3 Å². The highest BCUT2D eigenvalue weighted by atomic mass is 16.6. The van der Waals surface area contributed by atoms with Gasteiger partial charge in [-0.3, -0.25) is 4.90 Å². The van der Waals surface area contributed by atoms with Crippen LogP contribution in [0.25, 0.3) is 0 Å². The Morgan fingerprint density at radius 1 is 1.10 bits per heavy atom. The molecule has 0 aromatic carbocycles. The smallest absolute Gasteiger partial charge is 0.136 e. The molecule has 7 rings (SSSR count). The van der Waals surface area contributed by atoms with Crippen molar-refractivity contribution in [3.63, 3.8) is 0 Å². The Morgan fingerprint density at radius 3 is 2.52 bits per heavy atom. The summed E-state index contributed by atoms with van der Waals surface area (Å²) in [6.45, 7) is 3.54. The molecule has 2 heterocycles. The molecular formula is C23H35NO7. The Hall–Kier alpha value is -0.320. The van der Waals surface area contributed by atoms with Gasteiger partial charge in [-0.05, 0) is 18.9 Å². The number of aliphatic hydroxyl groups is 3. The second-order valence-electron chi connectivity index (χ2n) is 11.4. The normalized spacial score (nSPS) is 67.5. The topological polar surface area (TPSA) is 104 Å². The minimum absolute atomic E-state index is 0.00870. The number of ether oxygens (including phenoxy) is 4. The van der Waals surface area contributed by atoms with Gasteiger partial charge in [-0.15, -0.1) is 0 Å². The van der Waals surface area contributed by atoms with Crippen LogP contribution in [-0.2, 0) is 18.9 Å². The van der Waals surface area contributed by atoms with Crippen molar-refractivity contribution in [1.82, 2.24) is 4.90 Å². The van der Waals surface area contributed by atoms with Crippen molar-refractivity contribution in [2.45, 2.75) is 79.6 Å². The molecule has 2 spiro atoms. The van der Waals surface area contributed by atoms with Gasteiger partial charge in [-0.25, -0.2) is 0 Å². The van der Waals surface area contributed by atoms with Gasteiger partial charge in [0, 0.05) is 63.9 Å². The van der Waals surface area contributed by atoms with Crippen LogP contribution < -0.4 is 0 Å². The molecule has 0 amide bonds. The van der Waals surface area contributed by atoms with Crippen molar-refractivity contribution in [1.29, 1.82) is 0 Å². The van der Waals surface area contributed by atoms with Gasteiger partial charge < -0.3 is 34.3 Å². The van der Waals surface area contributed by atoms with Crippen LogP contribution in [0.1, 0.15) is 26.2 Å². The summed E-state index contributed by atoms with van der Waals surface area (Å²) in [5.74, 6) is -0.264. The monoisotopic (exact) mass is 437 g/mol. The number of methoxy groups -OCH3 is 3. The van der Waals surface area contributed by atoms with Crippen molar-refractivity contribution in [2.75, 3.05) is 34.4 Å². The molecule has 0 radical (unpaired) electrons. The third kappa shape index (κ3) is 1.70. The highest BCUT2D eigenvalue weighted by Crippen LogP contribution is 2.81. The van der Waals surface area contributed by atoms with Gasteiger partial charge in [-0.2, -0.15) is 0 Å². The third-order valence-electron chi connectivity index (χ3n) is 11.2. The Morgan fingerprint density at radius 2 is 1.87 bits per heavy atom. The number of likely N-dealkylation sites (tertiary alicyclic amines) is 1. The highest BCUT2D eigenvalue weighted by Gasteiger charge is 2.95. The van der Waals surface area contributed by atoms with Crippen LogP contribution in [-0.4, -0.2) is 108 Å². The summed E-state index contributed by atoms with van der Waals surface area (Å²) in [5, 5.41) is 37.1. The van der Waals surface area contributed by atoms with Crippen molar-refractivity contribution in [3.05, 3.63) is 0 Å². The second kappa shape index (κ2) is 5.66. The van der Waals surface area contributed by atoms with E-state index in [0.717, 1.165) is 19.5 Å². The molecule has 2 saturated heterocycles. The van der Waals surface area contributed by atoms with Crippen molar-refractivity contribution >= 4 is 0 Å². The minimum Gasteiger partial charge on any atom is -0.392 e. The molecule has 14 unspecified atom stereocenters. The quantitative estimate of drug-likeness (QED) is 0.501. The van der Waals surface area contributed by atoms with E-state index in [0.29, 0.717) is 12.8 Å². The lowest BCUT2D eigenvalue weighted by atomic mass is 9.45. The molecule has 31 heavy (non-hydrogen) atoms. The standard InChI is InChI=1S/C23H35NO7/c1-5-24-9-20-14(31-20)7-13(25)22-11-6-10-12(28-2)8-21(26,15(11)16(10)29-3)23(27,19(22)24)18(30-4)17(20)22/h10-19,25-27H,5-9H2,1-4H3. The van der Waals surface area contributed by atoms with Gasteiger partial charge in [0.1, 0.15) is 16.8 Å². The predicted octanol–water partition coefficient (Wildman–Crippen LogP) is -0.614. The molecular weight excluding hydrogens is 402 g/mol. The molecule has 2 aliphatic heterocycles. The van der Waals surface area contributed by atoms with Gasteiger partial charge >= 0.3 is 0 Å². The maximum Gasteiger partial charge on any atom is 0.136 e. The first kappa shape index (κ1) is 20.1. The largest absolute Gasteiger partial charge is 0.392 e. The van der Waals surface area contributed by atoms with Crippen LogP contribution in [0.15, 0.2) is 0 Å². The number of epoxide rings is 1. The summed E-state index contributed by atoms with van der Waals surface area (Å²) >= 11 is 0. The zero-order valence-corrected chi connectivity index (χ0v) is 18.7. The van der Waals surface area contributed by atoms with Crippen LogP contribution in [0.5, 0.6) is 0 Å². The fraction of sp³-hybridized carbons (Fsp3) is 1.00. The summed E-state index contributed by atoms with van der Waals surface area (Å²) in [5.41, 5.74) is -3.98. The first-order chi connectivity index (χ1) is 14.8. The SMILES string of the molecule is CCN1CC23OC2CC(O)C24C5CC6C(OC)CC(O)(C5C6OC)C(O)(C(OC)C32)C14. The number of likely N-dealkylation sites (N-methyl/N-ethyl adjacent to an activating group) is 1. The molecule has 7 bridgehead atoms. The molecule has 7 aliphatic rings. The Balaban J connectivity index is 1.54. The molecule has 7 fully saturated rings. The average molecular weight is 438 g/mol. The third-order valence-corrected chi connectivity index (χ3v) is 11.2. The molecule has 14 atom stereocenters. The van der Waals surface area contributed by atoms with Gasteiger partial charge in [-0.1, -0.05) is 6.92 Å². The van der Waals surface area contributed by atoms with Gasteiger partial charge in [0.2, 0.25) is 0 Å². The van der Waals surface area contributed by atoms with Crippen LogP contribution in [0, 0.1) is 29.1 Å². The molecule has 174 valence electrons. The van der Waals surface area contributed by atoms with Crippen LogP contribution in [0.4, 0.5) is 0 Å². The summed E-state index contributed by atoms with van der Waals surface area (Å²) in [7, 11) is 5.01. The Kier molecular flexibility index (Phi) is 3.67. The van der Waals surface area contributed by atoms with Crippen molar-refractivity contribution in [2.24, 2.45) is 29.1 Å². The summed E-state index contributed by atoms with van der Waals surface area (Å²) in [6, 6.07) is -0.385. The number of piperidine rings is 1. The van der Waals surface area contributed by atoms with E-state index in [-0.39, 0.29) is 48.0 Å². The number of hydrogen-bond donors (Lipinski definition) is 3. The lowest BCUT2D eigenvalue weighted by Gasteiger charge is -2.67. The molecule has 8 nitrogen and oxygen atoms in total. The summed E-state index contributed by atoms with van der Waals surface area (Å²) < 4.78 is 24.4. The van der Waals surface area contributed by atoms with E-state index in [9.17, 15) is 15.3 Å². The minimum atomic E-state index is -1.54. The molecule has 3 N–H and O–H groups in total. The summed E-state index contributed by atoms with van der Waals surface area (Å²) in [6.07, 6.45) is 0.106. The van der Waals surface area contributed by atoms with Crippen LogP contribution in [0.3, 0.4) is 0 Å². The van der Waals surface area contributed by atoms with E-state index in [2.05, 4.69) is 11.8 Å². The second-order valence-corrected chi connectivity index (χ2v) is 11.4.